The molecule has 0 aromatic heterocycles. The van der Waals surface area contributed by atoms with Gasteiger partial charge in [0, 0.05) is 12.8 Å². The van der Waals surface area contributed by atoms with Crippen LogP contribution in [0.25, 0.3) is 0 Å². The molecule has 0 aromatic rings. The lowest BCUT2D eigenvalue weighted by Gasteiger charge is -2.01. The molecule has 1 aliphatic carbocycles. The summed E-state index contributed by atoms with van der Waals surface area (Å²) in [4.78, 5) is 10.3. The summed E-state index contributed by atoms with van der Waals surface area (Å²) < 4.78 is 0. The molecular weight excluding hydrogens is 108 g/mol. The van der Waals surface area contributed by atoms with Gasteiger partial charge in [0.2, 0.25) is 0 Å². The lowest BCUT2D eigenvalue weighted by atomic mass is 10.3. The van der Waals surface area contributed by atoms with Crippen LogP contribution in [0, 0.1) is 0 Å². The molecule has 2 atom stereocenters. The van der Waals surface area contributed by atoms with Gasteiger partial charge in [-0.2, -0.15) is 0 Å². The number of ketones is 1. The van der Waals surface area contributed by atoms with Gasteiger partial charge in [-0.05, 0) is 0 Å². The molecule has 1 saturated carbocycles. The van der Waals surface area contributed by atoms with Gasteiger partial charge in [-0.15, -0.1) is 0 Å². The maximum absolute atomic E-state index is 10.3. The monoisotopic (exact) mass is 116 g/mol. The molecule has 46 valence electrons. The highest BCUT2D eigenvalue weighted by atomic mass is 16.3. The molecule has 1 fully saturated rings. The summed E-state index contributed by atoms with van der Waals surface area (Å²) in [6.45, 7) is 0. The van der Waals surface area contributed by atoms with E-state index in [2.05, 4.69) is 0 Å². The second kappa shape index (κ2) is 1.84. The Balaban J connectivity index is 2.51. The molecule has 0 aliphatic heterocycles. The first-order chi connectivity index (χ1) is 3.70. The third-order valence-corrected chi connectivity index (χ3v) is 1.32. The molecule has 0 amide bonds. The van der Waals surface area contributed by atoms with E-state index in [-0.39, 0.29) is 18.6 Å². The number of aliphatic hydroxyl groups is 2. The molecule has 3 heteroatoms. The number of hydrogen-bond donors (Lipinski definition) is 2. The number of rotatable bonds is 0. The van der Waals surface area contributed by atoms with Crippen molar-refractivity contribution in [1.29, 1.82) is 0 Å². The fourth-order valence-electron chi connectivity index (χ4n) is 0.822. The molecule has 2 N–H and O–H groups in total. The summed E-state index contributed by atoms with van der Waals surface area (Å²) >= 11 is 0. The van der Waals surface area contributed by atoms with Gasteiger partial charge < -0.3 is 10.2 Å². The Labute approximate surface area is 46.9 Å². The number of aliphatic hydroxyl groups excluding tert-OH is 2. The van der Waals surface area contributed by atoms with Crippen molar-refractivity contribution in [3.05, 3.63) is 0 Å². The molecule has 8 heavy (non-hydrogen) atoms. The quantitative estimate of drug-likeness (QED) is 0.430. The van der Waals surface area contributed by atoms with Gasteiger partial charge in [0.15, 0.2) is 0 Å². The first kappa shape index (κ1) is 5.72. The van der Waals surface area contributed by atoms with E-state index in [1.807, 2.05) is 0 Å². The predicted octanol–water partition coefficient (Wildman–Crippen LogP) is -0.929. The first-order valence-electron chi connectivity index (χ1n) is 2.58. The Kier molecular flexibility index (Phi) is 1.31. The van der Waals surface area contributed by atoms with Crippen LogP contribution in [-0.4, -0.2) is 28.2 Å². The average Bonchev–Trinajstić information content (AvgIpc) is 1.85. The fourth-order valence-corrected chi connectivity index (χ4v) is 0.822. The van der Waals surface area contributed by atoms with Crippen molar-refractivity contribution in [1.82, 2.24) is 0 Å². The second-order valence-corrected chi connectivity index (χ2v) is 2.08. The third-order valence-electron chi connectivity index (χ3n) is 1.32. The Morgan fingerprint density at radius 1 is 1.25 bits per heavy atom. The minimum Gasteiger partial charge on any atom is -0.390 e. The third kappa shape index (κ3) is 0.877. The molecule has 0 spiro atoms. The van der Waals surface area contributed by atoms with Crippen LogP contribution in [0.4, 0.5) is 0 Å². The first-order valence-corrected chi connectivity index (χ1v) is 2.58. The number of hydrogen-bond acceptors (Lipinski definition) is 3. The van der Waals surface area contributed by atoms with Crippen LogP contribution in [0.2, 0.25) is 0 Å². The van der Waals surface area contributed by atoms with E-state index < -0.39 is 12.2 Å². The van der Waals surface area contributed by atoms with Gasteiger partial charge in [0.1, 0.15) is 5.78 Å². The van der Waals surface area contributed by atoms with Crippen LogP contribution in [0.3, 0.4) is 0 Å². The zero-order valence-electron chi connectivity index (χ0n) is 4.37. The Bertz CT molecular complexity index is 98.2. The van der Waals surface area contributed by atoms with Crippen LogP contribution in [0.1, 0.15) is 12.8 Å². The van der Waals surface area contributed by atoms with Crippen molar-refractivity contribution < 1.29 is 15.0 Å². The molecular formula is C5H8O3. The summed E-state index contributed by atoms with van der Waals surface area (Å²) in [5.74, 6) is -0.0509. The van der Waals surface area contributed by atoms with Gasteiger partial charge in [0.05, 0.1) is 12.2 Å². The van der Waals surface area contributed by atoms with E-state index in [0.29, 0.717) is 0 Å². The second-order valence-electron chi connectivity index (χ2n) is 2.08. The SMILES string of the molecule is O=C1C[C@@H](O)[C@@H](O)C1. The highest BCUT2D eigenvalue weighted by Gasteiger charge is 2.28. The molecule has 1 rings (SSSR count). The fraction of sp³-hybridized carbons (Fsp3) is 0.800. The minimum atomic E-state index is -0.803. The molecule has 0 bridgehead atoms. The van der Waals surface area contributed by atoms with E-state index in [1.54, 1.807) is 0 Å². The lowest BCUT2D eigenvalue weighted by molar-refractivity contribution is -0.118. The Morgan fingerprint density at radius 3 is 1.75 bits per heavy atom. The highest BCUT2D eigenvalue weighted by Crippen LogP contribution is 2.14. The van der Waals surface area contributed by atoms with Crippen LogP contribution >= 0.6 is 0 Å². The summed E-state index contributed by atoms with van der Waals surface area (Å²) in [7, 11) is 0. The van der Waals surface area contributed by atoms with Crippen LogP contribution in [0.5, 0.6) is 0 Å². The zero-order chi connectivity index (χ0) is 6.15. The average molecular weight is 116 g/mol. The maximum Gasteiger partial charge on any atom is 0.138 e. The van der Waals surface area contributed by atoms with E-state index in [9.17, 15) is 4.79 Å². The summed E-state index contributed by atoms with van der Waals surface area (Å²) in [6.07, 6.45) is -1.35. The largest absolute Gasteiger partial charge is 0.390 e. The molecule has 3 nitrogen and oxygen atoms in total. The molecule has 0 heterocycles. The van der Waals surface area contributed by atoms with Crippen molar-refractivity contribution in [3.8, 4) is 0 Å². The van der Waals surface area contributed by atoms with Crippen LogP contribution in [0.15, 0.2) is 0 Å². The minimum absolute atomic E-state index is 0.0509. The van der Waals surface area contributed by atoms with Crippen molar-refractivity contribution in [3.63, 3.8) is 0 Å². The van der Waals surface area contributed by atoms with E-state index in [1.165, 1.54) is 0 Å². The highest BCUT2D eigenvalue weighted by molar-refractivity contribution is 5.81. The standard InChI is InChI=1S/C5H8O3/c6-3-1-4(7)5(8)2-3/h4-5,7-8H,1-2H2/t4-,5+. The van der Waals surface area contributed by atoms with Gasteiger partial charge >= 0.3 is 0 Å². The molecule has 0 aromatic carbocycles. The van der Waals surface area contributed by atoms with Gasteiger partial charge in [-0.1, -0.05) is 0 Å². The summed E-state index contributed by atoms with van der Waals surface area (Å²) in [5, 5.41) is 17.4. The van der Waals surface area contributed by atoms with Crippen molar-refractivity contribution in [2.45, 2.75) is 25.0 Å². The van der Waals surface area contributed by atoms with E-state index in [0.717, 1.165) is 0 Å². The van der Waals surface area contributed by atoms with Crippen molar-refractivity contribution in [2.24, 2.45) is 0 Å². The number of carbonyl (C=O) groups is 1. The van der Waals surface area contributed by atoms with Crippen LogP contribution < -0.4 is 0 Å². The zero-order valence-corrected chi connectivity index (χ0v) is 4.37. The molecule has 0 radical (unpaired) electrons. The molecule has 0 saturated heterocycles. The molecule has 1 aliphatic rings. The number of carbonyl (C=O) groups excluding carboxylic acids is 1. The smallest absolute Gasteiger partial charge is 0.138 e. The lowest BCUT2D eigenvalue weighted by Crippen LogP contribution is -2.17. The normalized spacial score (nSPS) is 38.5. The van der Waals surface area contributed by atoms with Gasteiger partial charge in [-0.3, -0.25) is 4.79 Å². The topological polar surface area (TPSA) is 57.5 Å². The summed E-state index contributed by atoms with van der Waals surface area (Å²) in [5.41, 5.74) is 0. The van der Waals surface area contributed by atoms with E-state index >= 15 is 0 Å². The van der Waals surface area contributed by atoms with Crippen LogP contribution in [-0.2, 0) is 4.79 Å². The van der Waals surface area contributed by atoms with E-state index in [4.69, 9.17) is 10.2 Å². The number of Topliss-reactive ketones (excluding diaryl/α,β-unsaturated/α-hetero) is 1. The van der Waals surface area contributed by atoms with Crippen molar-refractivity contribution in [2.75, 3.05) is 0 Å². The summed E-state index contributed by atoms with van der Waals surface area (Å²) in [6, 6.07) is 0. The van der Waals surface area contributed by atoms with Gasteiger partial charge in [0.25, 0.3) is 0 Å². The predicted molar refractivity (Wildman–Crippen MR) is 26.3 cm³/mol. The Hall–Kier alpha value is -0.410. The van der Waals surface area contributed by atoms with Gasteiger partial charge in [-0.25, -0.2) is 0 Å². The molecule has 0 unspecified atom stereocenters. The van der Waals surface area contributed by atoms with Crippen molar-refractivity contribution >= 4 is 5.78 Å². The maximum atomic E-state index is 10.3. The Morgan fingerprint density at radius 2 is 1.62 bits per heavy atom.